The van der Waals surface area contributed by atoms with E-state index in [0.717, 1.165) is 5.56 Å². The molecule has 160 valence electrons. The highest BCUT2D eigenvalue weighted by molar-refractivity contribution is 8.01. The lowest BCUT2D eigenvalue weighted by atomic mass is 10.1. The van der Waals surface area contributed by atoms with Crippen molar-refractivity contribution in [1.29, 1.82) is 0 Å². The van der Waals surface area contributed by atoms with Gasteiger partial charge in [-0.05, 0) is 30.7 Å². The molecular formula is C20H17FN4O4S2. The van der Waals surface area contributed by atoms with E-state index >= 15 is 0 Å². The fraction of sp³-hybridized carbons (Fsp3) is 0.200. The van der Waals surface area contributed by atoms with Gasteiger partial charge >= 0.3 is 0 Å². The van der Waals surface area contributed by atoms with Crippen molar-refractivity contribution >= 4 is 45.6 Å². The van der Waals surface area contributed by atoms with Crippen LogP contribution in [0.15, 0.2) is 40.7 Å². The summed E-state index contributed by atoms with van der Waals surface area (Å²) < 4.78 is 24.2. The average Bonchev–Trinajstić information content (AvgIpc) is 3.40. The van der Waals surface area contributed by atoms with E-state index in [-0.39, 0.29) is 30.1 Å². The van der Waals surface area contributed by atoms with E-state index in [1.165, 1.54) is 42.2 Å². The standard InChI is InChI=1S/C20H17FN4O4S2/c1-11(26)14-6-16-17(29-10-28-16)7-15(14)23-18(27)9-30-20-25-24-19(31-20)22-8-12-2-4-13(21)5-3-12/h2-7H,8-10H2,1H3,(H,22,24)(H,23,27). The van der Waals surface area contributed by atoms with E-state index in [2.05, 4.69) is 20.8 Å². The number of halogens is 1. The van der Waals surface area contributed by atoms with Crippen LogP contribution in [-0.2, 0) is 11.3 Å². The van der Waals surface area contributed by atoms with Crippen LogP contribution in [0.2, 0.25) is 0 Å². The first-order chi connectivity index (χ1) is 15.0. The van der Waals surface area contributed by atoms with Crippen molar-refractivity contribution in [3.63, 3.8) is 0 Å². The number of ether oxygens (including phenoxy) is 2. The molecule has 2 N–H and O–H groups in total. The molecule has 31 heavy (non-hydrogen) atoms. The highest BCUT2D eigenvalue weighted by Gasteiger charge is 2.20. The largest absolute Gasteiger partial charge is 0.454 e. The van der Waals surface area contributed by atoms with Crippen LogP contribution in [0, 0.1) is 5.82 Å². The SMILES string of the molecule is CC(=O)c1cc2c(cc1NC(=O)CSc1nnc(NCc3ccc(F)cc3)s1)OCO2. The number of rotatable bonds is 8. The summed E-state index contributed by atoms with van der Waals surface area (Å²) in [6.07, 6.45) is 0. The third-order valence-corrected chi connectivity index (χ3v) is 6.27. The maximum absolute atomic E-state index is 13.0. The number of hydrogen-bond acceptors (Lipinski definition) is 9. The number of benzene rings is 2. The Bertz CT molecular complexity index is 1120. The molecule has 2 aromatic carbocycles. The first kappa shape index (κ1) is 21.1. The lowest BCUT2D eigenvalue weighted by Crippen LogP contribution is -2.16. The minimum atomic E-state index is -0.289. The fourth-order valence-corrected chi connectivity index (χ4v) is 4.32. The smallest absolute Gasteiger partial charge is 0.234 e. The van der Waals surface area contributed by atoms with Gasteiger partial charge in [-0.2, -0.15) is 0 Å². The Labute approximate surface area is 185 Å². The van der Waals surface area contributed by atoms with Gasteiger partial charge in [0.05, 0.1) is 11.4 Å². The highest BCUT2D eigenvalue weighted by Crippen LogP contribution is 2.37. The van der Waals surface area contributed by atoms with Crippen LogP contribution < -0.4 is 20.1 Å². The van der Waals surface area contributed by atoms with Gasteiger partial charge < -0.3 is 20.1 Å². The van der Waals surface area contributed by atoms with Crippen molar-refractivity contribution in [3.8, 4) is 11.5 Å². The number of thioether (sulfide) groups is 1. The molecule has 11 heteroatoms. The zero-order valence-electron chi connectivity index (χ0n) is 16.3. The van der Waals surface area contributed by atoms with Gasteiger partial charge in [0.1, 0.15) is 5.82 Å². The number of Topliss-reactive ketones (excluding diaryl/α,β-unsaturated/α-hetero) is 1. The summed E-state index contributed by atoms with van der Waals surface area (Å²) in [5, 5.41) is 14.6. The maximum atomic E-state index is 13.0. The summed E-state index contributed by atoms with van der Waals surface area (Å²) in [5.41, 5.74) is 1.64. The topological polar surface area (TPSA) is 102 Å². The Hall–Kier alpha value is -3.18. The van der Waals surface area contributed by atoms with Crippen LogP contribution in [0.1, 0.15) is 22.8 Å². The quantitative estimate of drug-likeness (QED) is 0.385. The van der Waals surface area contributed by atoms with Crippen molar-refractivity contribution in [2.75, 3.05) is 23.2 Å². The van der Waals surface area contributed by atoms with Gasteiger partial charge in [-0.1, -0.05) is 35.2 Å². The van der Waals surface area contributed by atoms with E-state index in [1.807, 2.05) is 0 Å². The first-order valence-electron chi connectivity index (χ1n) is 9.17. The number of aromatic nitrogens is 2. The number of fused-ring (bicyclic) bond motifs is 1. The molecule has 1 aliphatic rings. The number of nitrogens with zero attached hydrogens (tertiary/aromatic N) is 2. The number of hydrogen-bond donors (Lipinski definition) is 2. The molecule has 1 amide bonds. The molecular weight excluding hydrogens is 443 g/mol. The van der Waals surface area contributed by atoms with Crippen LogP contribution in [0.25, 0.3) is 0 Å². The number of carbonyl (C=O) groups excluding carboxylic acids is 2. The summed E-state index contributed by atoms with van der Waals surface area (Å²) >= 11 is 2.55. The molecule has 0 spiro atoms. The van der Waals surface area contributed by atoms with Crippen LogP contribution in [0.5, 0.6) is 11.5 Å². The number of anilines is 2. The second-order valence-corrected chi connectivity index (χ2v) is 8.70. The molecule has 0 radical (unpaired) electrons. The van der Waals surface area contributed by atoms with Gasteiger partial charge in [0.2, 0.25) is 17.8 Å². The molecule has 1 aliphatic heterocycles. The molecule has 2 heterocycles. The second kappa shape index (κ2) is 9.31. The molecule has 1 aromatic heterocycles. The average molecular weight is 461 g/mol. The number of carbonyl (C=O) groups is 2. The van der Waals surface area contributed by atoms with E-state index in [0.29, 0.717) is 38.8 Å². The van der Waals surface area contributed by atoms with Crippen LogP contribution >= 0.6 is 23.1 Å². The molecule has 0 aliphatic carbocycles. The van der Waals surface area contributed by atoms with Crippen molar-refractivity contribution in [2.45, 2.75) is 17.8 Å². The lowest BCUT2D eigenvalue weighted by molar-refractivity contribution is -0.113. The Balaban J connectivity index is 1.31. The van der Waals surface area contributed by atoms with Crippen molar-refractivity contribution in [2.24, 2.45) is 0 Å². The van der Waals surface area contributed by atoms with E-state index in [1.54, 1.807) is 24.3 Å². The van der Waals surface area contributed by atoms with E-state index < -0.39 is 0 Å². The van der Waals surface area contributed by atoms with Crippen molar-refractivity contribution < 1.29 is 23.5 Å². The molecule has 0 saturated carbocycles. The first-order valence-corrected chi connectivity index (χ1v) is 11.0. The number of nitrogens with one attached hydrogen (secondary N) is 2. The van der Waals surface area contributed by atoms with E-state index in [4.69, 9.17) is 9.47 Å². The maximum Gasteiger partial charge on any atom is 0.234 e. The predicted molar refractivity (Wildman–Crippen MR) is 116 cm³/mol. The molecule has 0 fully saturated rings. The molecule has 0 atom stereocenters. The Kier molecular flexibility index (Phi) is 6.33. The summed E-state index contributed by atoms with van der Waals surface area (Å²) in [6.45, 7) is 1.98. The van der Waals surface area contributed by atoms with E-state index in [9.17, 15) is 14.0 Å². The molecule has 0 saturated heterocycles. The van der Waals surface area contributed by atoms with Crippen LogP contribution in [0.3, 0.4) is 0 Å². The molecule has 4 rings (SSSR count). The zero-order chi connectivity index (χ0) is 21.8. The minimum Gasteiger partial charge on any atom is -0.454 e. The lowest BCUT2D eigenvalue weighted by Gasteiger charge is -2.10. The van der Waals surface area contributed by atoms with Crippen LogP contribution in [0.4, 0.5) is 15.2 Å². The fourth-order valence-electron chi connectivity index (χ4n) is 2.77. The monoisotopic (exact) mass is 460 g/mol. The van der Waals surface area contributed by atoms with Crippen molar-refractivity contribution in [1.82, 2.24) is 10.2 Å². The van der Waals surface area contributed by atoms with Gasteiger partial charge in [-0.3, -0.25) is 9.59 Å². The molecule has 3 aromatic rings. The molecule has 8 nitrogen and oxygen atoms in total. The normalized spacial score (nSPS) is 11.9. The summed E-state index contributed by atoms with van der Waals surface area (Å²) in [6, 6.07) is 9.33. The van der Waals surface area contributed by atoms with Gasteiger partial charge in [0.25, 0.3) is 0 Å². The number of ketones is 1. The summed E-state index contributed by atoms with van der Waals surface area (Å²) in [5.74, 6) is 0.289. The van der Waals surface area contributed by atoms with Gasteiger partial charge in [-0.25, -0.2) is 4.39 Å². The Morgan fingerprint density at radius 2 is 1.90 bits per heavy atom. The van der Waals surface area contributed by atoms with Gasteiger partial charge in [-0.15, -0.1) is 10.2 Å². The number of amides is 1. The zero-order valence-corrected chi connectivity index (χ0v) is 17.9. The summed E-state index contributed by atoms with van der Waals surface area (Å²) in [7, 11) is 0. The minimum absolute atomic E-state index is 0.0779. The van der Waals surface area contributed by atoms with Gasteiger partial charge in [0, 0.05) is 18.2 Å². The highest BCUT2D eigenvalue weighted by atomic mass is 32.2. The second-order valence-electron chi connectivity index (χ2n) is 6.50. The predicted octanol–water partition coefficient (Wildman–Crippen LogP) is 3.95. The Morgan fingerprint density at radius 1 is 1.16 bits per heavy atom. The van der Waals surface area contributed by atoms with Crippen LogP contribution in [-0.4, -0.2) is 34.4 Å². The molecule has 0 unspecified atom stereocenters. The third kappa shape index (κ3) is 5.30. The Morgan fingerprint density at radius 3 is 2.65 bits per heavy atom. The third-order valence-electron chi connectivity index (χ3n) is 4.26. The molecule has 0 bridgehead atoms. The van der Waals surface area contributed by atoms with Gasteiger partial charge in [0.15, 0.2) is 21.6 Å². The summed E-state index contributed by atoms with van der Waals surface area (Å²) in [4.78, 5) is 24.3. The van der Waals surface area contributed by atoms with Crippen molar-refractivity contribution in [3.05, 3.63) is 53.3 Å².